The van der Waals surface area contributed by atoms with E-state index in [-0.39, 0.29) is 11.9 Å². The number of aryl methyl sites for hydroxylation is 1. The highest BCUT2D eigenvalue weighted by Crippen LogP contribution is 2.34. The van der Waals surface area contributed by atoms with Crippen LogP contribution in [0.25, 0.3) is 11.5 Å². The van der Waals surface area contributed by atoms with Gasteiger partial charge in [-0.15, -0.1) is 0 Å². The van der Waals surface area contributed by atoms with E-state index in [1.807, 2.05) is 19.2 Å². The van der Waals surface area contributed by atoms with Gasteiger partial charge in [-0.1, -0.05) is 18.6 Å². The van der Waals surface area contributed by atoms with Crippen LogP contribution in [0.4, 0.5) is 13.2 Å². The predicted molar refractivity (Wildman–Crippen MR) is 103 cm³/mol. The molecule has 1 aliphatic heterocycles. The van der Waals surface area contributed by atoms with Gasteiger partial charge in [0, 0.05) is 30.5 Å². The Labute approximate surface area is 167 Å². The number of rotatable bonds is 4. The van der Waals surface area contributed by atoms with Gasteiger partial charge >= 0.3 is 6.18 Å². The van der Waals surface area contributed by atoms with E-state index in [0.717, 1.165) is 43.6 Å². The number of halogens is 3. The van der Waals surface area contributed by atoms with Crippen molar-refractivity contribution in [2.45, 2.75) is 44.9 Å². The van der Waals surface area contributed by atoms with E-state index in [0.29, 0.717) is 17.9 Å². The zero-order valence-electron chi connectivity index (χ0n) is 16.1. The van der Waals surface area contributed by atoms with Crippen LogP contribution >= 0.6 is 0 Å². The fourth-order valence-electron chi connectivity index (χ4n) is 3.85. The Bertz CT molecular complexity index is 969. The number of hydrogen-bond donors (Lipinski definition) is 0. The van der Waals surface area contributed by atoms with Crippen LogP contribution in [0.2, 0.25) is 0 Å². The third-order valence-electron chi connectivity index (χ3n) is 5.37. The van der Waals surface area contributed by atoms with Crippen LogP contribution in [-0.2, 0) is 12.7 Å². The third-order valence-corrected chi connectivity index (χ3v) is 5.37. The molecule has 4 nitrogen and oxygen atoms in total. The molecule has 1 unspecified atom stereocenters. The molecule has 1 aliphatic rings. The fourth-order valence-corrected chi connectivity index (χ4v) is 3.85. The number of piperidine rings is 1. The largest absolute Gasteiger partial charge is 0.441 e. The van der Waals surface area contributed by atoms with Crippen LogP contribution in [0.3, 0.4) is 0 Å². The van der Waals surface area contributed by atoms with Gasteiger partial charge in [0.25, 0.3) is 0 Å². The molecule has 1 aromatic carbocycles. The van der Waals surface area contributed by atoms with Gasteiger partial charge in [-0.05, 0) is 56.1 Å². The molecule has 0 N–H and O–H groups in total. The summed E-state index contributed by atoms with van der Waals surface area (Å²) in [5.74, 6) is 0.853. The van der Waals surface area contributed by atoms with Gasteiger partial charge in [0.1, 0.15) is 5.76 Å². The van der Waals surface area contributed by atoms with Gasteiger partial charge in [-0.3, -0.25) is 9.88 Å². The number of nitrogens with zero attached hydrogens (tertiary/aromatic N) is 3. The standard InChI is InChI=1S/C22H22F3N3O/c1-15-19(14-28-11-3-2-9-20(28)17-7-5-10-26-13-17)27-21(29-15)16-6-4-8-18(12-16)22(23,24)25/h4-8,10,12-13,20H,2-3,9,11,14H2,1H3. The molecule has 0 aliphatic carbocycles. The van der Waals surface area contributed by atoms with Crippen LogP contribution in [-0.4, -0.2) is 21.4 Å². The lowest BCUT2D eigenvalue weighted by Crippen LogP contribution is -2.33. The number of alkyl halides is 3. The van der Waals surface area contributed by atoms with Gasteiger partial charge in [0.15, 0.2) is 0 Å². The Kier molecular flexibility index (Phi) is 5.41. The van der Waals surface area contributed by atoms with Crippen molar-refractivity contribution in [2.24, 2.45) is 0 Å². The summed E-state index contributed by atoms with van der Waals surface area (Å²) in [6.07, 6.45) is 2.57. The van der Waals surface area contributed by atoms with E-state index in [2.05, 4.69) is 20.9 Å². The number of pyridine rings is 1. The second kappa shape index (κ2) is 7.99. The molecule has 152 valence electrons. The zero-order chi connectivity index (χ0) is 20.4. The first-order chi connectivity index (χ1) is 13.9. The molecule has 3 aromatic rings. The van der Waals surface area contributed by atoms with Crippen molar-refractivity contribution in [3.05, 3.63) is 71.4 Å². The monoisotopic (exact) mass is 401 g/mol. The molecule has 1 atom stereocenters. The van der Waals surface area contributed by atoms with Crippen molar-refractivity contribution in [1.29, 1.82) is 0 Å². The lowest BCUT2D eigenvalue weighted by molar-refractivity contribution is -0.137. The Morgan fingerprint density at radius 2 is 2.03 bits per heavy atom. The first-order valence-corrected chi connectivity index (χ1v) is 9.70. The van der Waals surface area contributed by atoms with Crippen LogP contribution in [0.15, 0.2) is 53.2 Å². The van der Waals surface area contributed by atoms with Crippen molar-refractivity contribution in [2.75, 3.05) is 6.54 Å². The van der Waals surface area contributed by atoms with Crippen molar-refractivity contribution >= 4 is 0 Å². The summed E-state index contributed by atoms with van der Waals surface area (Å²) in [6.45, 7) is 3.33. The molecule has 0 spiro atoms. The first kappa shape index (κ1) is 19.6. The van der Waals surface area contributed by atoms with Gasteiger partial charge in [0.05, 0.1) is 11.3 Å². The highest BCUT2D eigenvalue weighted by Gasteiger charge is 2.31. The van der Waals surface area contributed by atoms with E-state index >= 15 is 0 Å². The van der Waals surface area contributed by atoms with Gasteiger partial charge in [0.2, 0.25) is 5.89 Å². The van der Waals surface area contributed by atoms with Gasteiger partial charge in [-0.2, -0.15) is 13.2 Å². The topological polar surface area (TPSA) is 42.2 Å². The number of likely N-dealkylation sites (tertiary alicyclic amines) is 1. The summed E-state index contributed by atoms with van der Waals surface area (Å²) in [7, 11) is 0. The first-order valence-electron chi connectivity index (χ1n) is 9.70. The highest BCUT2D eigenvalue weighted by molar-refractivity contribution is 5.55. The van der Waals surface area contributed by atoms with Crippen LogP contribution < -0.4 is 0 Å². The summed E-state index contributed by atoms with van der Waals surface area (Å²) in [4.78, 5) is 11.1. The Morgan fingerprint density at radius 3 is 2.79 bits per heavy atom. The number of hydrogen-bond acceptors (Lipinski definition) is 4. The Hall–Kier alpha value is -2.67. The summed E-state index contributed by atoms with van der Waals surface area (Å²) in [5.41, 5.74) is 1.55. The van der Waals surface area contributed by atoms with Crippen LogP contribution in [0.5, 0.6) is 0 Å². The van der Waals surface area contributed by atoms with Crippen LogP contribution in [0.1, 0.15) is 47.9 Å². The second-order valence-electron chi connectivity index (χ2n) is 7.37. The molecule has 1 fully saturated rings. The lowest BCUT2D eigenvalue weighted by Gasteiger charge is -2.35. The van der Waals surface area contributed by atoms with E-state index in [9.17, 15) is 13.2 Å². The maximum atomic E-state index is 13.0. The molecule has 3 heterocycles. The summed E-state index contributed by atoms with van der Waals surface area (Å²) in [5, 5.41) is 0. The summed E-state index contributed by atoms with van der Waals surface area (Å²) < 4.78 is 44.8. The van der Waals surface area contributed by atoms with Crippen molar-refractivity contribution in [3.63, 3.8) is 0 Å². The zero-order valence-corrected chi connectivity index (χ0v) is 16.1. The number of oxazole rings is 1. The minimum absolute atomic E-state index is 0.221. The minimum atomic E-state index is -4.40. The molecule has 1 saturated heterocycles. The molecule has 0 bridgehead atoms. The maximum absolute atomic E-state index is 13.0. The molecular weight excluding hydrogens is 379 g/mol. The molecule has 29 heavy (non-hydrogen) atoms. The smallest absolute Gasteiger partial charge is 0.416 e. The number of aromatic nitrogens is 2. The molecule has 4 rings (SSSR count). The van der Waals surface area contributed by atoms with Crippen molar-refractivity contribution in [1.82, 2.24) is 14.9 Å². The summed E-state index contributed by atoms with van der Waals surface area (Å²) >= 11 is 0. The molecule has 2 aromatic heterocycles. The third kappa shape index (κ3) is 4.34. The summed E-state index contributed by atoms with van der Waals surface area (Å²) in [6, 6.07) is 9.37. The highest BCUT2D eigenvalue weighted by atomic mass is 19.4. The van der Waals surface area contributed by atoms with Crippen molar-refractivity contribution in [3.8, 4) is 11.5 Å². The predicted octanol–water partition coefficient (Wildman–Crippen LogP) is 5.79. The van der Waals surface area contributed by atoms with Gasteiger partial charge in [-0.25, -0.2) is 4.98 Å². The SMILES string of the molecule is Cc1oc(-c2cccc(C(F)(F)F)c2)nc1CN1CCCCC1c1cccnc1. The quantitative estimate of drug-likeness (QED) is 0.555. The molecular formula is C22H22F3N3O. The Morgan fingerprint density at radius 1 is 1.17 bits per heavy atom. The average Bonchev–Trinajstić information content (AvgIpc) is 3.09. The van der Waals surface area contributed by atoms with E-state index in [4.69, 9.17) is 4.42 Å². The van der Waals surface area contributed by atoms with E-state index in [1.165, 1.54) is 11.6 Å². The molecule has 0 radical (unpaired) electrons. The average molecular weight is 401 g/mol. The Balaban J connectivity index is 1.58. The molecule has 0 saturated carbocycles. The number of benzene rings is 1. The van der Waals surface area contributed by atoms with Crippen molar-refractivity contribution < 1.29 is 17.6 Å². The lowest BCUT2D eigenvalue weighted by atomic mass is 9.96. The fraction of sp³-hybridized carbons (Fsp3) is 0.364. The minimum Gasteiger partial charge on any atom is -0.441 e. The molecule has 0 amide bonds. The van der Waals surface area contributed by atoms with Crippen LogP contribution in [0, 0.1) is 6.92 Å². The normalized spacial score (nSPS) is 18.1. The maximum Gasteiger partial charge on any atom is 0.416 e. The second-order valence-corrected chi connectivity index (χ2v) is 7.37. The van der Waals surface area contributed by atoms with Gasteiger partial charge < -0.3 is 4.42 Å². The molecule has 7 heteroatoms. The van der Waals surface area contributed by atoms with E-state index in [1.54, 1.807) is 12.3 Å². The van der Waals surface area contributed by atoms with E-state index < -0.39 is 11.7 Å².